The summed E-state index contributed by atoms with van der Waals surface area (Å²) in [5, 5.41) is 5.53. The zero-order chi connectivity index (χ0) is 14.8. The zero-order valence-electron chi connectivity index (χ0n) is 11.2. The number of hydrogen-bond donors (Lipinski definition) is 2. The van der Waals surface area contributed by atoms with Crippen LogP contribution in [0.25, 0.3) is 0 Å². The number of piperidine rings is 1. The van der Waals surface area contributed by atoms with E-state index in [1.165, 1.54) is 18.2 Å². The molecule has 0 saturated carbocycles. The van der Waals surface area contributed by atoms with Crippen molar-refractivity contribution in [3.63, 3.8) is 0 Å². The molecule has 6 heteroatoms. The molecule has 0 radical (unpaired) electrons. The average Bonchev–Trinajstić information content (AvgIpc) is 2.39. The van der Waals surface area contributed by atoms with E-state index in [0.717, 1.165) is 19.0 Å². The summed E-state index contributed by atoms with van der Waals surface area (Å²) in [6, 6.07) is 5.03. The van der Waals surface area contributed by atoms with Gasteiger partial charge in [0, 0.05) is 6.54 Å². The molecule has 1 fully saturated rings. The first kappa shape index (κ1) is 14.8. The predicted octanol–water partition coefficient (Wildman–Crippen LogP) is 3.03. The monoisotopic (exact) mass is 286 g/mol. The standard InChI is InChI=1S/C14H17F3N2O/c1-13(7-4-8-18-9-13)12(20)19-11-6-3-2-5-10(11)14(15,16)17/h2-3,5-6,18H,4,7-9H2,1H3,(H,19,20). The van der Waals surface area contributed by atoms with Crippen LogP contribution in [0.5, 0.6) is 0 Å². The van der Waals surface area contributed by atoms with Gasteiger partial charge in [-0.05, 0) is 38.4 Å². The molecule has 0 bridgehead atoms. The van der Waals surface area contributed by atoms with E-state index < -0.39 is 17.2 Å². The van der Waals surface area contributed by atoms with Gasteiger partial charge in [0.25, 0.3) is 0 Å². The van der Waals surface area contributed by atoms with Crippen LogP contribution in [-0.2, 0) is 11.0 Å². The Morgan fingerprint density at radius 3 is 2.65 bits per heavy atom. The quantitative estimate of drug-likeness (QED) is 0.877. The Kier molecular flexibility index (Phi) is 4.04. The van der Waals surface area contributed by atoms with E-state index in [1.807, 2.05) is 0 Å². The minimum absolute atomic E-state index is 0.184. The summed E-state index contributed by atoms with van der Waals surface area (Å²) in [4.78, 5) is 12.2. The highest BCUT2D eigenvalue weighted by molar-refractivity contribution is 5.96. The second kappa shape index (κ2) is 5.44. The van der Waals surface area contributed by atoms with Crippen molar-refractivity contribution in [3.05, 3.63) is 29.8 Å². The molecule has 1 saturated heterocycles. The number of benzene rings is 1. The Labute approximate surface area is 115 Å². The first-order valence-corrected chi connectivity index (χ1v) is 6.51. The normalized spacial score (nSPS) is 23.4. The maximum Gasteiger partial charge on any atom is 0.418 e. The minimum Gasteiger partial charge on any atom is -0.325 e. The molecular formula is C14H17F3N2O. The molecule has 1 aliphatic rings. The van der Waals surface area contributed by atoms with Gasteiger partial charge in [-0.3, -0.25) is 4.79 Å². The van der Waals surface area contributed by atoms with Crippen molar-refractivity contribution in [1.82, 2.24) is 5.32 Å². The van der Waals surface area contributed by atoms with E-state index in [0.29, 0.717) is 13.0 Å². The molecule has 20 heavy (non-hydrogen) atoms. The lowest BCUT2D eigenvalue weighted by molar-refractivity contribution is -0.137. The number of rotatable bonds is 2. The summed E-state index contributed by atoms with van der Waals surface area (Å²) in [6.45, 7) is 3.08. The fraction of sp³-hybridized carbons (Fsp3) is 0.500. The molecule has 0 aliphatic carbocycles. The first-order chi connectivity index (χ1) is 9.33. The summed E-state index contributed by atoms with van der Waals surface area (Å²) in [7, 11) is 0. The van der Waals surface area contributed by atoms with E-state index in [2.05, 4.69) is 10.6 Å². The van der Waals surface area contributed by atoms with E-state index in [4.69, 9.17) is 0 Å². The van der Waals surface area contributed by atoms with Gasteiger partial charge in [0.2, 0.25) is 5.91 Å². The average molecular weight is 286 g/mol. The molecule has 1 unspecified atom stereocenters. The topological polar surface area (TPSA) is 41.1 Å². The molecule has 0 spiro atoms. The van der Waals surface area contributed by atoms with Crippen LogP contribution < -0.4 is 10.6 Å². The Balaban J connectivity index is 2.20. The van der Waals surface area contributed by atoms with E-state index >= 15 is 0 Å². The Bertz CT molecular complexity index is 493. The van der Waals surface area contributed by atoms with Gasteiger partial charge in [0.1, 0.15) is 0 Å². The van der Waals surface area contributed by atoms with Crippen LogP contribution in [0.3, 0.4) is 0 Å². The fourth-order valence-corrected chi connectivity index (χ4v) is 2.36. The maximum absolute atomic E-state index is 12.9. The van der Waals surface area contributed by atoms with Crippen molar-refractivity contribution in [3.8, 4) is 0 Å². The lowest BCUT2D eigenvalue weighted by atomic mass is 9.82. The van der Waals surface area contributed by atoms with Crippen LogP contribution in [0.1, 0.15) is 25.3 Å². The number of carbonyl (C=O) groups excluding carboxylic acids is 1. The van der Waals surface area contributed by atoms with Gasteiger partial charge < -0.3 is 10.6 Å². The molecule has 1 aromatic rings. The smallest absolute Gasteiger partial charge is 0.325 e. The van der Waals surface area contributed by atoms with Crippen LogP contribution in [0, 0.1) is 5.41 Å². The van der Waals surface area contributed by atoms with Crippen molar-refractivity contribution in [2.45, 2.75) is 25.9 Å². The summed E-state index contributed by atoms with van der Waals surface area (Å²) in [5.41, 5.74) is -1.67. The minimum atomic E-state index is -4.48. The van der Waals surface area contributed by atoms with Crippen LogP contribution in [-0.4, -0.2) is 19.0 Å². The molecule has 0 aromatic heterocycles. The SMILES string of the molecule is CC1(C(=O)Nc2ccccc2C(F)(F)F)CCCNC1. The van der Waals surface area contributed by atoms with E-state index in [1.54, 1.807) is 6.92 Å². The van der Waals surface area contributed by atoms with Gasteiger partial charge in [-0.15, -0.1) is 0 Å². The summed E-state index contributed by atoms with van der Waals surface area (Å²) in [6.07, 6.45) is -2.97. The lowest BCUT2D eigenvalue weighted by Gasteiger charge is -2.32. The molecule has 1 heterocycles. The van der Waals surface area contributed by atoms with Gasteiger partial charge in [-0.1, -0.05) is 12.1 Å². The number of halogens is 3. The van der Waals surface area contributed by atoms with Crippen LogP contribution >= 0.6 is 0 Å². The van der Waals surface area contributed by atoms with Gasteiger partial charge in [-0.25, -0.2) is 0 Å². The highest BCUT2D eigenvalue weighted by atomic mass is 19.4. The van der Waals surface area contributed by atoms with Crippen molar-refractivity contribution in [2.75, 3.05) is 18.4 Å². The Morgan fingerprint density at radius 2 is 2.05 bits per heavy atom. The summed E-state index contributed by atoms with van der Waals surface area (Å²) >= 11 is 0. The lowest BCUT2D eigenvalue weighted by Crippen LogP contribution is -2.46. The molecule has 3 nitrogen and oxygen atoms in total. The van der Waals surface area contributed by atoms with E-state index in [-0.39, 0.29) is 11.6 Å². The van der Waals surface area contributed by atoms with Crippen molar-refractivity contribution >= 4 is 11.6 Å². The Hall–Kier alpha value is -1.56. The third-order valence-corrected chi connectivity index (χ3v) is 3.63. The molecule has 1 aromatic carbocycles. The van der Waals surface area contributed by atoms with Crippen molar-refractivity contribution in [1.29, 1.82) is 0 Å². The second-order valence-corrected chi connectivity index (χ2v) is 5.34. The van der Waals surface area contributed by atoms with Crippen LogP contribution in [0.15, 0.2) is 24.3 Å². The fourth-order valence-electron chi connectivity index (χ4n) is 2.36. The van der Waals surface area contributed by atoms with Crippen LogP contribution in [0.4, 0.5) is 18.9 Å². The third-order valence-electron chi connectivity index (χ3n) is 3.63. The maximum atomic E-state index is 12.9. The molecule has 110 valence electrons. The van der Waals surface area contributed by atoms with Crippen molar-refractivity contribution in [2.24, 2.45) is 5.41 Å². The van der Waals surface area contributed by atoms with Gasteiger partial charge in [-0.2, -0.15) is 13.2 Å². The van der Waals surface area contributed by atoms with E-state index in [9.17, 15) is 18.0 Å². The Morgan fingerprint density at radius 1 is 1.35 bits per heavy atom. The number of carbonyl (C=O) groups is 1. The van der Waals surface area contributed by atoms with Gasteiger partial charge >= 0.3 is 6.18 Å². The largest absolute Gasteiger partial charge is 0.418 e. The number of hydrogen-bond acceptors (Lipinski definition) is 2. The molecule has 2 rings (SSSR count). The van der Waals surface area contributed by atoms with Gasteiger partial charge in [0.05, 0.1) is 16.7 Å². The van der Waals surface area contributed by atoms with Crippen LogP contribution in [0.2, 0.25) is 0 Å². The number of amides is 1. The molecule has 1 atom stereocenters. The predicted molar refractivity (Wildman–Crippen MR) is 70.3 cm³/mol. The second-order valence-electron chi connectivity index (χ2n) is 5.34. The number of anilines is 1. The number of para-hydroxylation sites is 1. The highest BCUT2D eigenvalue weighted by Gasteiger charge is 2.37. The molecular weight excluding hydrogens is 269 g/mol. The number of nitrogens with one attached hydrogen (secondary N) is 2. The zero-order valence-corrected chi connectivity index (χ0v) is 11.2. The first-order valence-electron chi connectivity index (χ1n) is 6.51. The molecule has 1 amide bonds. The summed E-state index contributed by atoms with van der Waals surface area (Å²) in [5.74, 6) is -0.374. The third kappa shape index (κ3) is 3.12. The number of alkyl halides is 3. The molecule has 2 N–H and O–H groups in total. The summed E-state index contributed by atoms with van der Waals surface area (Å²) < 4.78 is 38.6. The molecule has 1 aliphatic heterocycles. The highest BCUT2D eigenvalue weighted by Crippen LogP contribution is 2.36. The van der Waals surface area contributed by atoms with Gasteiger partial charge in [0.15, 0.2) is 0 Å². The van der Waals surface area contributed by atoms with Crippen molar-refractivity contribution < 1.29 is 18.0 Å².